The van der Waals surface area contributed by atoms with Crippen LogP contribution < -0.4 is 25.6 Å². The van der Waals surface area contributed by atoms with Crippen molar-refractivity contribution in [3.05, 3.63) is 48.5 Å². The van der Waals surface area contributed by atoms with Crippen molar-refractivity contribution in [1.29, 1.82) is 0 Å². The minimum absolute atomic E-state index is 0.0927. The number of ether oxygens (including phenoxy) is 1. The number of amides is 4. The summed E-state index contributed by atoms with van der Waals surface area (Å²) in [4.78, 5) is 50.2. The van der Waals surface area contributed by atoms with Crippen LogP contribution in [-0.2, 0) is 19.2 Å². The highest BCUT2D eigenvalue weighted by Crippen LogP contribution is 2.30. The number of methoxy groups -OCH3 is 1. The predicted molar refractivity (Wildman–Crippen MR) is 142 cm³/mol. The van der Waals surface area contributed by atoms with Gasteiger partial charge in [-0.1, -0.05) is 29.2 Å². The molecule has 0 spiro atoms. The summed E-state index contributed by atoms with van der Waals surface area (Å²) in [5.41, 5.74) is 1.91. The maximum Gasteiger partial charge on any atom is 0.234 e. The minimum Gasteiger partial charge on any atom is -0.497 e. The molecule has 192 valence electrons. The highest BCUT2D eigenvalue weighted by molar-refractivity contribution is 8.01. The van der Waals surface area contributed by atoms with Gasteiger partial charge in [-0.05, 0) is 36.4 Å². The van der Waals surface area contributed by atoms with Gasteiger partial charge in [0.1, 0.15) is 5.75 Å². The van der Waals surface area contributed by atoms with Crippen LogP contribution in [0.25, 0.3) is 0 Å². The minimum atomic E-state index is -0.526. The second kappa shape index (κ2) is 11.8. The molecular weight excluding hydrogens is 516 g/mol. The third kappa shape index (κ3) is 7.05. The van der Waals surface area contributed by atoms with Crippen LogP contribution in [0.3, 0.4) is 0 Å². The zero-order valence-corrected chi connectivity index (χ0v) is 21.6. The Morgan fingerprint density at radius 2 is 1.81 bits per heavy atom. The van der Waals surface area contributed by atoms with Gasteiger partial charge >= 0.3 is 0 Å². The van der Waals surface area contributed by atoms with Crippen LogP contribution >= 0.6 is 23.1 Å². The summed E-state index contributed by atoms with van der Waals surface area (Å²) in [6.45, 7) is 1.67. The second-order valence-corrected chi connectivity index (χ2v) is 10.3. The van der Waals surface area contributed by atoms with Crippen molar-refractivity contribution in [3.8, 4) is 5.75 Å². The molecule has 0 radical (unpaired) electrons. The maximum absolute atomic E-state index is 12.8. The van der Waals surface area contributed by atoms with Crippen molar-refractivity contribution in [1.82, 2.24) is 10.2 Å². The van der Waals surface area contributed by atoms with Crippen LogP contribution in [0.2, 0.25) is 0 Å². The third-order valence-corrected chi connectivity index (χ3v) is 7.29. The molecule has 1 aliphatic heterocycles. The monoisotopic (exact) mass is 540 g/mol. The third-order valence-electron chi connectivity index (χ3n) is 5.31. The first-order chi connectivity index (χ1) is 17.8. The summed E-state index contributed by atoms with van der Waals surface area (Å²) < 4.78 is 5.73. The van der Waals surface area contributed by atoms with Gasteiger partial charge in [-0.25, -0.2) is 0 Å². The number of carbonyl (C=O) groups excluding carboxylic acids is 4. The fraction of sp³-hybridized carbons (Fsp3) is 0.250. The van der Waals surface area contributed by atoms with E-state index < -0.39 is 5.92 Å². The summed E-state index contributed by atoms with van der Waals surface area (Å²) in [7, 11) is 1.55. The van der Waals surface area contributed by atoms with E-state index in [1.807, 2.05) is 0 Å². The Morgan fingerprint density at radius 1 is 1.08 bits per heavy atom. The van der Waals surface area contributed by atoms with E-state index in [2.05, 4.69) is 26.1 Å². The molecule has 2 heterocycles. The Morgan fingerprint density at radius 3 is 2.51 bits per heavy atom. The van der Waals surface area contributed by atoms with E-state index in [1.54, 1.807) is 60.5 Å². The molecule has 1 atom stereocenters. The van der Waals surface area contributed by atoms with E-state index in [4.69, 9.17) is 4.74 Å². The molecule has 1 saturated heterocycles. The zero-order valence-electron chi connectivity index (χ0n) is 20.0. The van der Waals surface area contributed by atoms with Gasteiger partial charge in [0.05, 0.1) is 18.8 Å². The molecule has 0 bridgehead atoms. The highest BCUT2D eigenvalue weighted by atomic mass is 32.2. The average molecular weight is 541 g/mol. The Labute approximate surface area is 221 Å². The second-order valence-electron chi connectivity index (χ2n) is 8.06. The molecule has 2 aromatic carbocycles. The van der Waals surface area contributed by atoms with Gasteiger partial charge in [0.2, 0.25) is 28.8 Å². The molecule has 3 N–H and O–H groups in total. The number of benzene rings is 2. The van der Waals surface area contributed by atoms with Gasteiger partial charge in [0, 0.05) is 43.0 Å². The highest BCUT2D eigenvalue weighted by Gasteiger charge is 2.35. The number of nitrogens with one attached hydrogen (secondary N) is 3. The quantitative estimate of drug-likeness (QED) is 0.277. The van der Waals surface area contributed by atoms with Crippen molar-refractivity contribution in [3.63, 3.8) is 0 Å². The van der Waals surface area contributed by atoms with Crippen LogP contribution in [0, 0.1) is 5.92 Å². The van der Waals surface area contributed by atoms with Crippen molar-refractivity contribution < 1.29 is 23.9 Å². The van der Waals surface area contributed by atoms with Crippen LogP contribution in [0.4, 0.5) is 22.2 Å². The van der Waals surface area contributed by atoms with E-state index in [0.717, 1.165) is 11.3 Å². The largest absolute Gasteiger partial charge is 0.497 e. The number of carbonyl (C=O) groups is 4. The molecule has 0 unspecified atom stereocenters. The van der Waals surface area contributed by atoms with E-state index in [1.165, 1.54) is 18.7 Å². The SMILES string of the molecule is COc1cccc(N2C[C@H](C(=O)Nc3nnc(SCC(=O)Nc4ccc(NC(C)=O)cc4)s3)CC2=O)c1. The summed E-state index contributed by atoms with van der Waals surface area (Å²) >= 11 is 2.34. The number of hydrogen-bond acceptors (Lipinski definition) is 9. The van der Waals surface area contributed by atoms with Crippen molar-refractivity contribution >= 4 is 68.9 Å². The fourth-order valence-corrected chi connectivity index (χ4v) is 5.16. The lowest BCUT2D eigenvalue weighted by atomic mass is 10.1. The van der Waals surface area contributed by atoms with E-state index >= 15 is 0 Å². The standard InChI is InChI=1S/C24H24N6O5S2/c1-14(31)25-16-6-8-17(9-7-16)26-20(32)13-36-24-29-28-23(37-24)27-22(34)15-10-21(33)30(12-15)18-4-3-5-19(11-18)35-2/h3-9,11,15H,10,12-13H2,1-2H3,(H,25,31)(H,26,32)(H,27,28,34)/t15-/m1/s1. The number of nitrogens with zero attached hydrogens (tertiary/aromatic N) is 3. The smallest absolute Gasteiger partial charge is 0.234 e. The molecule has 1 fully saturated rings. The van der Waals surface area contributed by atoms with E-state index in [0.29, 0.717) is 32.3 Å². The van der Waals surface area contributed by atoms with Gasteiger partial charge in [0.15, 0.2) is 4.34 Å². The first-order valence-corrected chi connectivity index (χ1v) is 13.0. The van der Waals surface area contributed by atoms with Crippen LogP contribution in [0.15, 0.2) is 52.9 Å². The zero-order chi connectivity index (χ0) is 26.4. The fourth-order valence-electron chi connectivity index (χ4n) is 3.60. The summed E-state index contributed by atoms with van der Waals surface area (Å²) in [6, 6.07) is 13.9. The Bertz CT molecular complexity index is 1310. The average Bonchev–Trinajstić information content (AvgIpc) is 3.50. The molecule has 1 aliphatic rings. The summed E-state index contributed by atoms with van der Waals surface area (Å²) in [6.07, 6.45) is 0.0927. The lowest BCUT2D eigenvalue weighted by Gasteiger charge is -2.17. The molecule has 1 aromatic heterocycles. The lowest BCUT2D eigenvalue weighted by Crippen LogP contribution is -2.28. The van der Waals surface area contributed by atoms with Crippen LogP contribution in [-0.4, -0.2) is 53.2 Å². The Kier molecular flexibility index (Phi) is 8.36. The van der Waals surface area contributed by atoms with Gasteiger partial charge in [-0.2, -0.15) is 0 Å². The number of hydrogen-bond donors (Lipinski definition) is 3. The predicted octanol–water partition coefficient (Wildman–Crippen LogP) is 3.23. The first-order valence-electron chi connectivity index (χ1n) is 11.2. The maximum atomic E-state index is 12.8. The van der Waals surface area contributed by atoms with Crippen molar-refractivity contribution in [2.45, 2.75) is 17.7 Å². The lowest BCUT2D eigenvalue weighted by molar-refractivity contribution is -0.122. The Hall–Kier alpha value is -3.97. The van der Waals surface area contributed by atoms with Gasteiger partial charge in [-0.15, -0.1) is 10.2 Å². The van der Waals surface area contributed by atoms with E-state index in [9.17, 15) is 19.2 Å². The normalized spacial score (nSPS) is 14.8. The molecule has 4 rings (SSSR count). The van der Waals surface area contributed by atoms with Crippen LogP contribution in [0.5, 0.6) is 5.75 Å². The molecule has 37 heavy (non-hydrogen) atoms. The van der Waals surface area contributed by atoms with Gasteiger partial charge in [-0.3, -0.25) is 19.2 Å². The number of rotatable bonds is 9. The first kappa shape index (κ1) is 26.1. The molecule has 11 nitrogen and oxygen atoms in total. The van der Waals surface area contributed by atoms with Crippen molar-refractivity contribution in [2.24, 2.45) is 5.92 Å². The molecule has 13 heteroatoms. The number of aromatic nitrogens is 2. The van der Waals surface area contributed by atoms with Gasteiger partial charge < -0.3 is 25.6 Å². The number of anilines is 4. The molecule has 0 saturated carbocycles. The van der Waals surface area contributed by atoms with Crippen LogP contribution in [0.1, 0.15) is 13.3 Å². The summed E-state index contributed by atoms with van der Waals surface area (Å²) in [5, 5.41) is 16.4. The topological polar surface area (TPSA) is 143 Å². The van der Waals surface area contributed by atoms with Crippen molar-refractivity contribution in [2.75, 3.05) is 40.3 Å². The molecule has 4 amide bonds. The van der Waals surface area contributed by atoms with E-state index in [-0.39, 0.29) is 42.3 Å². The number of thioether (sulfide) groups is 1. The summed E-state index contributed by atoms with van der Waals surface area (Å²) in [5.74, 6) is -0.660. The van der Waals surface area contributed by atoms with Gasteiger partial charge in [0.25, 0.3) is 0 Å². The molecule has 0 aliphatic carbocycles. The molecular formula is C24H24N6O5S2. The molecule has 3 aromatic rings. The Balaban J connectivity index is 1.25.